The first kappa shape index (κ1) is 22.2. The average Bonchev–Trinajstić information content (AvgIpc) is 3.18. The molecule has 1 aliphatic carbocycles. The van der Waals surface area contributed by atoms with Crippen LogP contribution in [-0.4, -0.2) is 37.1 Å². The van der Waals surface area contributed by atoms with Gasteiger partial charge in [-0.25, -0.2) is 13.4 Å². The summed E-state index contributed by atoms with van der Waals surface area (Å²) in [5, 5.41) is 6.97. The standard InChI is InChI=1S/C19H20Cl3N3O3S/c20-13-3-5-15(6-4-13)29(27,28)19(7-1-2-8-19)18(26)24-10-9-23-17-16(22)11-14(21)12-25-17/h3-6,11-12H,1-2,7-10H2,(H,23,25)(H,24,26). The zero-order valence-electron chi connectivity index (χ0n) is 15.4. The Morgan fingerprint density at radius 3 is 2.31 bits per heavy atom. The predicted molar refractivity (Wildman–Crippen MR) is 116 cm³/mol. The van der Waals surface area contributed by atoms with Gasteiger partial charge in [0.1, 0.15) is 5.82 Å². The number of benzene rings is 1. The highest BCUT2D eigenvalue weighted by Gasteiger charge is 2.52. The van der Waals surface area contributed by atoms with Crippen LogP contribution in [0.3, 0.4) is 0 Å². The molecule has 3 rings (SSSR count). The number of hydrogen-bond acceptors (Lipinski definition) is 5. The summed E-state index contributed by atoms with van der Waals surface area (Å²) in [7, 11) is -3.86. The number of amides is 1. The normalized spacial score (nSPS) is 15.8. The van der Waals surface area contributed by atoms with Gasteiger partial charge in [-0.1, -0.05) is 47.6 Å². The van der Waals surface area contributed by atoms with Gasteiger partial charge < -0.3 is 10.6 Å². The predicted octanol–water partition coefficient (Wildman–Crippen LogP) is 4.36. The third-order valence-electron chi connectivity index (χ3n) is 4.97. The molecule has 1 saturated carbocycles. The molecule has 0 radical (unpaired) electrons. The molecule has 156 valence electrons. The Morgan fingerprint density at radius 2 is 1.69 bits per heavy atom. The molecule has 29 heavy (non-hydrogen) atoms. The highest BCUT2D eigenvalue weighted by molar-refractivity contribution is 7.93. The van der Waals surface area contributed by atoms with E-state index in [-0.39, 0.29) is 11.4 Å². The van der Waals surface area contributed by atoms with Gasteiger partial charge in [-0.3, -0.25) is 4.79 Å². The van der Waals surface area contributed by atoms with E-state index >= 15 is 0 Å². The zero-order chi connectivity index (χ0) is 21.1. The molecule has 1 amide bonds. The molecule has 1 heterocycles. The second-order valence-corrected chi connectivity index (χ2v) is 10.4. The van der Waals surface area contributed by atoms with Gasteiger partial charge in [-0.2, -0.15) is 0 Å². The number of halogens is 3. The average molecular weight is 477 g/mol. The summed E-state index contributed by atoms with van der Waals surface area (Å²) >= 11 is 17.7. The summed E-state index contributed by atoms with van der Waals surface area (Å²) < 4.78 is 25.1. The Hall–Kier alpha value is -1.54. The van der Waals surface area contributed by atoms with E-state index in [9.17, 15) is 13.2 Å². The van der Waals surface area contributed by atoms with E-state index in [0.717, 1.165) is 0 Å². The Kier molecular flexibility index (Phi) is 6.94. The van der Waals surface area contributed by atoms with Crippen molar-refractivity contribution >= 4 is 56.4 Å². The van der Waals surface area contributed by atoms with Gasteiger partial charge in [-0.15, -0.1) is 0 Å². The highest BCUT2D eigenvalue weighted by atomic mass is 35.5. The van der Waals surface area contributed by atoms with Gasteiger partial charge in [0.15, 0.2) is 14.6 Å². The number of nitrogens with zero attached hydrogens (tertiary/aromatic N) is 1. The van der Waals surface area contributed by atoms with Gasteiger partial charge in [0.2, 0.25) is 5.91 Å². The first-order valence-corrected chi connectivity index (χ1v) is 11.7. The van der Waals surface area contributed by atoms with Crippen molar-refractivity contribution in [3.05, 3.63) is 51.6 Å². The molecule has 0 aliphatic heterocycles. The fraction of sp³-hybridized carbons (Fsp3) is 0.368. The van der Waals surface area contributed by atoms with Crippen LogP contribution in [0.2, 0.25) is 15.1 Å². The summed E-state index contributed by atoms with van der Waals surface area (Å²) in [5.74, 6) is -0.0448. The maximum absolute atomic E-state index is 13.3. The van der Waals surface area contributed by atoms with E-state index in [1.165, 1.54) is 30.5 Å². The van der Waals surface area contributed by atoms with Gasteiger partial charge in [-0.05, 0) is 43.2 Å². The first-order chi connectivity index (χ1) is 13.8. The number of anilines is 1. The minimum atomic E-state index is -3.86. The van der Waals surface area contributed by atoms with Crippen LogP contribution < -0.4 is 10.6 Å². The zero-order valence-corrected chi connectivity index (χ0v) is 18.5. The maximum Gasteiger partial charge on any atom is 0.241 e. The van der Waals surface area contributed by atoms with E-state index < -0.39 is 20.5 Å². The van der Waals surface area contributed by atoms with Crippen molar-refractivity contribution in [2.45, 2.75) is 35.3 Å². The molecule has 10 heteroatoms. The van der Waals surface area contributed by atoms with Crippen molar-refractivity contribution in [1.82, 2.24) is 10.3 Å². The van der Waals surface area contributed by atoms with E-state index in [0.29, 0.717) is 53.1 Å². The Balaban J connectivity index is 1.68. The minimum Gasteiger partial charge on any atom is -0.367 e. The summed E-state index contributed by atoms with van der Waals surface area (Å²) in [4.78, 5) is 17.2. The lowest BCUT2D eigenvalue weighted by Gasteiger charge is -2.27. The van der Waals surface area contributed by atoms with Gasteiger partial charge in [0.05, 0.1) is 14.9 Å². The minimum absolute atomic E-state index is 0.106. The molecule has 1 aliphatic rings. The molecule has 1 aromatic carbocycles. The molecular formula is C19H20Cl3N3O3S. The molecule has 1 fully saturated rings. The fourth-order valence-electron chi connectivity index (χ4n) is 3.47. The number of sulfone groups is 1. The summed E-state index contributed by atoms with van der Waals surface area (Å²) in [6, 6.07) is 7.48. The Bertz CT molecular complexity index is 992. The van der Waals surface area contributed by atoms with Crippen molar-refractivity contribution in [1.29, 1.82) is 0 Å². The number of carbonyl (C=O) groups is 1. The van der Waals surface area contributed by atoms with Crippen LogP contribution in [0.15, 0.2) is 41.4 Å². The molecule has 0 atom stereocenters. The smallest absolute Gasteiger partial charge is 0.241 e. The van der Waals surface area contributed by atoms with E-state index in [1.54, 1.807) is 6.07 Å². The van der Waals surface area contributed by atoms with Crippen LogP contribution >= 0.6 is 34.8 Å². The molecule has 6 nitrogen and oxygen atoms in total. The Morgan fingerprint density at radius 1 is 1.03 bits per heavy atom. The second kappa shape index (κ2) is 9.08. The molecule has 1 aromatic heterocycles. The van der Waals surface area contributed by atoms with Crippen LogP contribution in [0.5, 0.6) is 0 Å². The molecule has 2 aromatic rings. The fourth-order valence-corrected chi connectivity index (χ4v) is 6.13. The van der Waals surface area contributed by atoms with E-state index in [2.05, 4.69) is 15.6 Å². The lowest BCUT2D eigenvalue weighted by molar-refractivity contribution is -0.123. The molecule has 2 N–H and O–H groups in total. The van der Waals surface area contributed by atoms with Crippen LogP contribution in [0.1, 0.15) is 25.7 Å². The number of nitrogens with one attached hydrogen (secondary N) is 2. The summed E-state index contributed by atoms with van der Waals surface area (Å²) in [6.45, 7) is 0.550. The van der Waals surface area contributed by atoms with Gasteiger partial charge >= 0.3 is 0 Å². The summed E-state index contributed by atoms with van der Waals surface area (Å²) in [6.07, 6.45) is 3.41. The van der Waals surface area contributed by atoms with Crippen molar-refractivity contribution in [3.63, 3.8) is 0 Å². The van der Waals surface area contributed by atoms with Crippen LogP contribution in [0.4, 0.5) is 5.82 Å². The molecule has 0 spiro atoms. The lowest BCUT2D eigenvalue weighted by Crippen LogP contribution is -2.51. The molecule has 0 unspecified atom stereocenters. The van der Waals surface area contributed by atoms with Gasteiger partial charge in [0.25, 0.3) is 0 Å². The van der Waals surface area contributed by atoms with Gasteiger partial charge in [0, 0.05) is 24.3 Å². The van der Waals surface area contributed by atoms with Crippen molar-refractivity contribution in [2.75, 3.05) is 18.4 Å². The third-order valence-corrected chi connectivity index (χ3v) is 8.24. The maximum atomic E-state index is 13.3. The van der Waals surface area contributed by atoms with E-state index in [4.69, 9.17) is 34.8 Å². The number of pyridine rings is 1. The highest BCUT2D eigenvalue weighted by Crippen LogP contribution is 2.41. The number of carbonyl (C=O) groups excluding carboxylic acids is 1. The second-order valence-electron chi connectivity index (χ2n) is 6.83. The first-order valence-electron chi connectivity index (χ1n) is 9.10. The summed E-state index contributed by atoms with van der Waals surface area (Å²) in [5.41, 5.74) is 0. The SMILES string of the molecule is O=C(NCCNc1ncc(Cl)cc1Cl)C1(S(=O)(=O)c2ccc(Cl)cc2)CCCC1. The topological polar surface area (TPSA) is 88.2 Å². The third kappa shape index (κ3) is 4.63. The molecule has 0 bridgehead atoms. The van der Waals surface area contributed by atoms with Crippen molar-refractivity contribution < 1.29 is 13.2 Å². The van der Waals surface area contributed by atoms with Crippen LogP contribution in [0, 0.1) is 0 Å². The molecular weight excluding hydrogens is 457 g/mol. The Labute approximate surface area is 184 Å². The quantitative estimate of drug-likeness (QED) is 0.580. The van der Waals surface area contributed by atoms with Crippen molar-refractivity contribution in [3.8, 4) is 0 Å². The number of rotatable bonds is 7. The van der Waals surface area contributed by atoms with Crippen LogP contribution in [0.25, 0.3) is 0 Å². The van der Waals surface area contributed by atoms with Crippen molar-refractivity contribution in [2.24, 2.45) is 0 Å². The van der Waals surface area contributed by atoms with Crippen LogP contribution in [-0.2, 0) is 14.6 Å². The monoisotopic (exact) mass is 475 g/mol. The number of hydrogen-bond donors (Lipinski definition) is 2. The van der Waals surface area contributed by atoms with E-state index in [1.807, 2.05) is 0 Å². The largest absolute Gasteiger partial charge is 0.367 e. The number of aromatic nitrogens is 1. The molecule has 0 saturated heterocycles. The lowest BCUT2D eigenvalue weighted by atomic mass is 10.1.